The Bertz CT molecular complexity index is 390. The molecule has 0 radical (unpaired) electrons. The summed E-state index contributed by atoms with van der Waals surface area (Å²) in [7, 11) is 0. The van der Waals surface area contributed by atoms with Crippen molar-refractivity contribution in [3.8, 4) is 11.5 Å². The standard InChI is InChI=1S/C11H12BrNO2/c12-9-6-8(2-1-3-13)7-10-11(9)15-5-4-14-10/h1-2,6-7H,3-5,13H2. The Morgan fingerprint density at radius 1 is 1.33 bits per heavy atom. The van der Waals surface area contributed by atoms with E-state index in [0.717, 1.165) is 21.5 Å². The van der Waals surface area contributed by atoms with E-state index >= 15 is 0 Å². The zero-order valence-corrected chi connectivity index (χ0v) is 9.79. The molecule has 1 heterocycles. The van der Waals surface area contributed by atoms with Gasteiger partial charge in [0.15, 0.2) is 11.5 Å². The molecular formula is C11H12BrNO2. The molecule has 0 unspecified atom stereocenters. The Kier molecular flexibility index (Phi) is 3.28. The Labute approximate surface area is 97.0 Å². The summed E-state index contributed by atoms with van der Waals surface area (Å²) in [6, 6.07) is 3.94. The first-order valence-corrected chi connectivity index (χ1v) is 5.56. The van der Waals surface area contributed by atoms with Crippen LogP contribution in [0.5, 0.6) is 11.5 Å². The summed E-state index contributed by atoms with van der Waals surface area (Å²) in [6.45, 7) is 1.74. The van der Waals surface area contributed by atoms with Gasteiger partial charge in [0.05, 0.1) is 4.47 Å². The summed E-state index contributed by atoms with van der Waals surface area (Å²) < 4.78 is 11.9. The van der Waals surface area contributed by atoms with E-state index in [0.29, 0.717) is 19.8 Å². The van der Waals surface area contributed by atoms with Gasteiger partial charge in [0.1, 0.15) is 13.2 Å². The van der Waals surface area contributed by atoms with Crippen molar-refractivity contribution < 1.29 is 9.47 Å². The number of benzene rings is 1. The van der Waals surface area contributed by atoms with Crippen LogP contribution in [0, 0.1) is 0 Å². The van der Waals surface area contributed by atoms with Crippen molar-refractivity contribution >= 4 is 22.0 Å². The maximum atomic E-state index is 5.50. The summed E-state index contributed by atoms with van der Waals surface area (Å²) in [4.78, 5) is 0. The van der Waals surface area contributed by atoms with Crippen molar-refractivity contribution in [2.24, 2.45) is 5.73 Å². The Morgan fingerprint density at radius 2 is 2.13 bits per heavy atom. The second-order valence-electron chi connectivity index (χ2n) is 3.16. The molecule has 0 aromatic heterocycles. The highest BCUT2D eigenvalue weighted by atomic mass is 79.9. The maximum Gasteiger partial charge on any atom is 0.175 e. The van der Waals surface area contributed by atoms with E-state index in [9.17, 15) is 0 Å². The van der Waals surface area contributed by atoms with Gasteiger partial charge in [0.2, 0.25) is 0 Å². The van der Waals surface area contributed by atoms with Gasteiger partial charge in [0, 0.05) is 6.54 Å². The largest absolute Gasteiger partial charge is 0.486 e. The number of hydrogen-bond acceptors (Lipinski definition) is 3. The third-order valence-corrected chi connectivity index (χ3v) is 2.65. The van der Waals surface area contributed by atoms with Crippen molar-refractivity contribution in [3.63, 3.8) is 0 Å². The van der Waals surface area contributed by atoms with Gasteiger partial charge in [-0.05, 0) is 33.6 Å². The molecule has 0 bridgehead atoms. The van der Waals surface area contributed by atoms with Gasteiger partial charge in [-0.2, -0.15) is 0 Å². The average molecular weight is 270 g/mol. The lowest BCUT2D eigenvalue weighted by molar-refractivity contribution is 0.170. The van der Waals surface area contributed by atoms with Gasteiger partial charge in [-0.25, -0.2) is 0 Å². The lowest BCUT2D eigenvalue weighted by Crippen LogP contribution is -2.15. The van der Waals surface area contributed by atoms with Crippen LogP contribution in [0.3, 0.4) is 0 Å². The summed E-state index contributed by atoms with van der Waals surface area (Å²) in [5.74, 6) is 1.57. The summed E-state index contributed by atoms with van der Waals surface area (Å²) in [5.41, 5.74) is 6.45. The molecule has 0 saturated heterocycles. The van der Waals surface area contributed by atoms with Crippen LogP contribution in [0.1, 0.15) is 5.56 Å². The molecule has 3 nitrogen and oxygen atoms in total. The first kappa shape index (κ1) is 10.5. The summed E-state index contributed by atoms with van der Waals surface area (Å²) in [6.07, 6.45) is 3.86. The minimum absolute atomic E-state index is 0.534. The lowest BCUT2D eigenvalue weighted by atomic mass is 10.2. The topological polar surface area (TPSA) is 44.5 Å². The predicted molar refractivity (Wildman–Crippen MR) is 63.2 cm³/mol. The van der Waals surface area contributed by atoms with Crippen molar-refractivity contribution in [1.29, 1.82) is 0 Å². The molecule has 0 atom stereocenters. The molecule has 80 valence electrons. The van der Waals surface area contributed by atoms with E-state index in [1.165, 1.54) is 0 Å². The second-order valence-corrected chi connectivity index (χ2v) is 4.02. The number of hydrogen-bond donors (Lipinski definition) is 1. The number of rotatable bonds is 2. The normalized spacial score (nSPS) is 14.5. The highest BCUT2D eigenvalue weighted by molar-refractivity contribution is 9.10. The van der Waals surface area contributed by atoms with Crippen LogP contribution < -0.4 is 15.2 Å². The minimum atomic E-state index is 0.534. The molecule has 0 fully saturated rings. The van der Waals surface area contributed by atoms with E-state index in [4.69, 9.17) is 15.2 Å². The van der Waals surface area contributed by atoms with E-state index in [1.807, 2.05) is 24.3 Å². The van der Waals surface area contributed by atoms with Gasteiger partial charge < -0.3 is 15.2 Å². The van der Waals surface area contributed by atoms with E-state index in [-0.39, 0.29) is 0 Å². The van der Waals surface area contributed by atoms with E-state index in [2.05, 4.69) is 15.9 Å². The zero-order valence-electron chi connectivity index (χ0n) is 8.20. The highest BCUT2D eigenvalue weighted by Gasteiger charge is 2.15. The third kappa shape index (κ3) is 2.33. The highest BCUT2D eigenvalue weighted by Crippen LogP contribution is 2.38. The van der Waals surface area contributed by atoms with Gasteiger partial charge in [-0.15, -0.1) is 0 Å². The van der Waals surface area contributed by atoms with E-state index < -0.39 is 0 Å². The molecule has 0 spiro atoms. The van der Waals surface area contributed by atoms with Crippen LogP contribution in [0.25, 0.3) is 6.08 Å². The van der Waals surface area contributed by atoms with Crippen LogP contribution in [-0.2, 0) is 0 Å². The van der Waals surface area contributed by atoms with Gasteiger partial charge in [-0.1, -0.05) is 12.2 Å². The number of halogens is 1. The second kappa shape index (κ2) is 4.68. The Morgan fingerprint density at radius 3 is 2.93 bits per heavy atom. The lowest BCUT2D eigenvalue weighted by Gasteiger charge is -2.19. The molecule has 0 saturated carbocycles. The molecule has 2 N–H and O–H groups in total. The molecule has 1 aliphatic rings. The molecule has 0 aliphatic carbocycles. The number of nitrogens with two attached hydrogens (primary N) is 1. The van der Waals surface area contributed by atoms with Gasteiger partial charge >= 0.3 is 0 Å². The molecule has 4 heteroatoms. The zero-order chi connectivity index (χ0) is 10.7. The fraction of sp³-hybridized carbons (Fsp3) is 0.273. The van der Waals surface area contributed by atoms with Crippen LogP contribution >= 0.6 is 15.9 Å². The fourth-order valence-electron chi connectivity index (χ4n) is 1.43. The summed E-state index contributed by atoms with van der Waals surface area (Å²) >= 11 is 3.45. The molecule has 2 rings (SSSR count). The summed E-state index contributed by atoms with van der Waals surface area (Å²) in [5, 5.41) is 0. The third-order valence-electron chi connectivity index (χ3n) is 2.07. The van der Waals surface area contributed by atoms with Crippen molar-refractivity contribution in [2.75, 3.05) is 19.8 Å². The van der Waals surface area contributed by atoms with Crippen molar-refractivity contribution in [2.45, 2.75) is 0 Å². The smallest absolute Gasteiger partial charge is 0.175 e. The molecule has 1 aliphatic heterocycles. The Hall–Kier alpha value is -1.00. The molecule has 1 aromatic carbocycles. The fourth-order valence-corrected chi connectivity index (χ4v) is 2.01. The average Bonchev–Trinajstić information content (AvgIpc) is 2.26. The first-order chi connectivity index (χ1) is 7.31. The predicted octanol–water partition coefficient (Wildman–Crippen LogP) is 2.19. The van der Waals surface area contributed by atoms with Crippen LogP contribution in [0.15, 0.2) is 22.7 Å². The van der Waals surface area contributed by atoms with Gasteiger partial charge in [-0.3, -0.25) is 0 Å². The SMILES string of the molecule is NCC=Cc1cc(Br)c2c(c1)OCCO2. The van der Waals surface area contributed by atoms with Crippen LogP contribution in [-0.4, -0.2) is 19.8 Å². The van der Waals surface area contributed by atoms with Gasteiger partial charge in [0.25, 0.3) is 0 Å². The monoisotopic (exact) mass is 269 g/mol. The first-order valence-electron chi connectivity index (χ1n) is 4.77. The minimum Gasteiger partial charge on any atom is -0.486 e. The van der Waals surface area contributed by atoms with Crippen molar-refractivity contribution in [3.05, 3.63) is 28.2 Å². The van der Waals surface area contributed by atoms with Crippen LogP contribution in [0.4, 0.5) is 0 Å². The molecular weight excluding hydrogens is 258 g/mol. The van der Waals surface area contributed by atoms with E-state index in [1.54, 1.807) is 0 Å². The Balaban J connectivity index is 2.36. The molecule has 0 amide bonds. The number of fused-ring (bicyclic) bond motifs is 1. The molecule has 1 aromatic rings. The maximum absolute atomic E-state index is 5.50. The van der Waals surface area contributed by atoms with Crippen LogP contribution in [0.2, 0.25) is 0 Å². The quantitative estimate of drug-likeness (QED) is 0.895. The van der Waals surface area contributed by atoms with Crippen molar-refractivity contribution in [1.82, 2.24) is 0 Å². The molecule has 15 heavy (non-hydrogen) atoms. The number of ether oxygens (including phenoxy) is 2.